The molecule has 0 rings (SSSR count). The van der Waals surface area contributed by atoms with Crippen molar-refractivity contribution in [2.24, 2.45) is 5.92 Å². The highest BCUT2D eigenvalue weighted by molar-refractivity contribution is 7.89. The Kier molecular flexibility index (Phi) is 11.6. The van der Waals surface area contributed by atoms with Gasteiger partial charge in [-0.3, -0.25) is 0 Å². The second kappa shape index (κ2) is 11.7. The number of hydrogen-bond acceptors (Lipinski definition) is 3. The molecule has 0 aromatic rings. The molecule has 116 valence electrons. The van der Waals surface area contributed by atoms with E-state index in [0.717, 1.165) is 31.8 Å². The number of nitrogens with one attached hydrogen (secondary N) is 2. The molecular formula is C14H32N2O2S. The summed E-state index contributed by atoms with van der Waals surface area (Å²) in [6, 6.07) is 0. The van der Waals surface area contributed by atoms with E-state index in [1.165, 1.54) is 19.3 Å². The predicted octanol–water partition coefficient (Wildman–Crippen LogP) is 2.51. The van der Waals surface area contributed by atoms with Crippen LogP contribution in [0.4, 0.5) is 0 Å². The number of hydrogen-bond donors (Lipinski definition) is 2. The van der Waals surface area contributed by atoms with E-state index in [0.29, 0.717) is 13.0 Å². The molecule has 19 heavy (non-hydrogen) atoms. The summed E-state index contributed by atoms with van der Waals surface area (Å²) in [4.78, 5) is 0. The van der Waals surface area contributed by atoms with Gasteiger partial charge >= 0.3 is 0 Å². The summed E-state index contributed by atoms with van der Waals surface area (Å²) in [5.41, 5.74) is 0. The van der Waals surface area contributed by atoms with Crippen LogP contribution in [0.3, 0.4) is 0 Å². The number of sulfonamides is 1. The molecule has 0 aliphatic rings. The molecule has 2 N–H and O–H groups in total. The van der Waals surface area contributed by atoms with Gasteiger partial charge in [-0.25, -0.2) is 13.1 Å². The molecule has 0 bridgehead atoms. The SMILES string of the molecule is CCNCCCS(=O)(=O)NCCCCCCC(C)C. The van der Waals surface area contributed by atoms with Gasteiger partial charge in [0.25, 0.3) is 0 Å². The predicted molar refractivity (Wildman–Crippen MR) is 82.9 cm³/mol. The van der Waals surface area contributed by atoms with Gasteiger partial charge in [0.2, 0.25) is 10.0 Å². The highest BCUT2D eigenvalue weighted by Crippen LogP contribution is 2.09. The smallest absolute Gasteiger partial charge is 0.211 e. The minimum Gasteiger partial charge on any atom is -0.317 e. The Balaban J connectivity index is 3.43. The summed E-state index contributed by atoms with van der Waals surface area (Å²) in [6.45, 7) is 8.75. The van der Waals surface area contributed by atoms with Crippen molar-refractivity contribution in [1.29, 1.82) is 0 Å². The molecule has 0 aliphatic carbocycles. The fourth-order valence-corrected chi connectivity index (χ4v) is 3.02. The Morgan fingerprint density at radius 3 is 2.26 bits per heavy atom. The standard InChI is InChI=1S/C14H32N2O2S/c1-4-15-11-9-13-19(17,18)16-12-8-6-5-7-10-14(2)3/h14-16H,4-13H2,1-3H3. The van der Waals surface area contributed by atoms with Gasteiger partial charge in [-0.1, -0.05) is 46.5 Å². The van der Waals surface area contributed by atoms with E-state index in [9.17, 15) is 8.42 Å². The second-order valence-corrected chi connectivity index (χ2v) is 7.44. The Morgan fingerprint density at radius 1 is 0.947 bits per heavy atom. The molecule has 0 saturated carbocycles. The van der Waals surface area contributed by atoms with Crippen molar-refractivity contribution in [3.63, 3.8) is 0 Å². The molecule has 4 nitrogen and oxygen atoms in total. The van der Waals surface area contributed by atoms with Crippen LogP contribution in [0, 0.1) is 5.92 Å². The Hall–Kier alpha value is -0.130. The summed E-state index contributed by atoms with van der Waals surface area (Å²) in [6.07, 6.45) is 6.48. The van der Waals surface area contributed by atoms with Crippen LogP contribution in [0.2, 0.25) is 0 Å². The third kappa shape index (κ3) is 14.1. The van der Waals surface area contributed by atoms with Crippen LogP contribution in [-0.2, 0) is 10.0 Å². The second-order valence-electron chi connectivity index (χ2n) is 5.52. The first-order valence-electron chi connectivity index (χ1n) is 7.66. The molecule has 0 aromatic heterocycles. The van der Waals surface area contributed by atoms with Gasteiger partial charge in [-0.2, -0.15) is 0 Å². The normalized spacial score (nSPS) is 12.2. The number of unbranched alkanes of at least 4 members (excludes halogenated alkanes) is 3. The van der Waals surface area contributed by atoms with Crippen molar-refractivity contribution >= 4 is 10.0 Å². The van der Waals surface area contributed by atoms with E-state index >= 15 is 0 Å². The number of rotatable bonds is 13. The minimum atomic E-state index is -3.06. The van der Waals surface area contributed by atoms with Crippen LogP contribution in [0.15, 0.2) is 0 Å². The van der Waals surface area contributed by atoms with Crippen molar-refractivity contribution in [3.05, 3.63) is 0 Å². The molecule has 0 atom stereocenters. The van der Waals surface area contributed by atoms with Crippen LogP contribution in [0.5, 0.6) is 0 Å². The lowest BCUT2D eigenvalue weighted by Gasteiger charge is -2.07. The summed E-state index contributed by atoms with van der Waals surface area (Å²) < 4.78 is 25.9. The van der Waals surface area contributed by atoms with Crippen LogP contribution in [-0.4, -0.2) is 33.8 Å². The molecule has 0 radical (unpaired) electrons. The van der Waals surface area contributed by atoms with Gasteiger partial charge in [-0.15, -0.1) is 0 Å². The minimum absolute atomic E-state index is 0.230. The van der Waals surface area contributed by atoms with Crippen molar-refractivity contribution < 1.29 is 8.42 Å². The molecule has 0 aliphatic heterocycles. The van der Waals surface area contributed by atoms with E-state index in [1.807, 2.05) is 6.92 Å². The van der Waals surface area contributed by atoms with E-state index in [2.05, 4.69) is 23.9 Å². The summed E-state index contributed by atoms with van der Waals surface area (Å²) in [5, 5.41) is 3.13. The maximum absolute atomic E-state index is 11.6. The molecule has 0 unspecified atom stereocenters. The molecule has 0 spiro atoms. The first-order valence-corrected chi connectivity index (χ1v) is 9.31. The maximum Gasteiger partial charge on any atom is 0.211 e. The van der Waals surface area contributed by atoms with E-state index in [1.54, 1.807) is 0 Å². The Labute approximate surface area is 119 Å². The van der Waals surface area contributed by atoms with Gasteiger partial charge < -0.3 is 5.32 Å². The molecule has 0 fully saturated rings. The zero-order valence-corrected chi connectivity index (χ0v) is 13.7. The first-order chi connectivity index (χ1) is 8.98. The summed E-state index contributed by atoms with van der Waals surface area (Å²) in [7, 11) is -3.06. The van der Waals surface area contributed by atoms with E-state index in [-0.39, 0.29) is 5.75 Å². The van der Waals surface area contributed by atoms with Crippen molar-refractivity contribution in [3.8, 4) is 0 Å². The molecule has 0 aromatic carbocycles. The zero-order valence-electron chi connectivity index (χ0n) is 12.9. The zero-order chi connectivity index (χ0) is 14.6. The average molecular weight is 292 g/mol. The fourth-order valence-electron chi connectivity index (χ4n) is 1.89. The highest BCUT2D eigenvalue weighted by Gasteiger charge is 2.08. The van der Waals surface area contributed by atoms with Gasteiger partial charge in [0, 0.05) is 6.54 Å². The van der Waals surface area contributed by atoms with Crippen molar-refractivity contribution in [1.82, 2.24) is 10.0 Å². The monoisotopic (exact) mass is 292 g/mol. The summed E-state index contributed by atoms with van der Waals surface area (Å²) >= 11 is 0. The largest absolute Gasteiger partial charge is 0.317 e. The van der Waals surface area contributed by atoms with E-state index in [4.69, 9.17) is 0 Å². The quantitative estimate of drug-likeness (QED) is 0.513. The maximum atomic E-state index is 11.6. The van der Waals surface area contributed by atoms with Gasteiger partial charge in [-0.05, 0) is 31.8 Å². The topological polar surface area (TPSA) is 58.2 Å². The third-order valence-corrected chi connectivity index (χ3v) is 4.52. The lowest BCUT2D eigenvalue weighted by atomic mass is 10.0. The van der Waals surface area contributed by atoms with Crippen LogP contribution in [0.25, 0.3) is 0 Å². The first kappa shape index (κ1) is 18.9. The highest BCUT2D eigenvalue weighted by atomic mass is 32.2. The lowest BCUT2D eigenvalue weighted by Crippen LogP contribution is -2.29. The third-order valence-electron chi connectivity index (χ3n) is 3.05. The molecule has 0 saturated heterocycles. The summed E-state index contributed by atoms with van der Waals surface area (Å²) in [5.74, 6) is 1.00. The molecule has 0 heterocycles. The van der Waals surface area contributed by atoms with Crippen LogP contribution < -0.4 is 10.0 Å². The van der Waals surface area contributed by atoms with Crippen LogP contribution >= 0.6 is 0 Å². The van der Waals surface area contributed by atoms with Crippen molar-refractivity contribution in [2.75, 3.05) is 25.4 Å². The fraction of sp³-hybridized carbons (Fsp3) is 1.00. The molecular weight excluding hydrogens is 260 g/mol. The lowest BCUT2D eigenvalue weighted by molar-refractivity contribution is 0.517. The Bertz CT molecular complexity index is 290. The van der Waals surface area contributed by atoms with Gasteiger partial charge in [0.1, 0.15) is 0 Å². The van der Waals surface area contributed by atoms with Gasteiger partial charge in [0.05, 0.1) is 5.75 Å². The average Bonchev–Trinajstić information content (AvgIpc) is 2.33. The Morgan fingerprint density at radius 2 is 1.63 bits per heavy atom. The van der Waals surface area contributed by atoms with Gasteiger partial charge in [0.15, 0.2) is 0 Å². The van der Waals surface area contributed by atoms with Crippen molar-refractivity contribution in [2.45, 2.75) is 59.3 Å². The van der Waals surface area contributed by atoms with E-state index < -0.39 is 10.0 Å². The molecule has 0 amide bonds. The molecule has 5 heteroatoms. The van der Waals surface area contributed by atoms with Crippen LogP contribution in [0.1, 0.15) is 59.3 Å².